The smallest absolute Gasteiger partial charge is 0.200 e. The highest BCUT2D eigenvalue weighted by Gasteiger charge is 2.27. The first-order valence-corrected chi connectivity index (χ1v) is 11.6. The van der Waals surface area contributed by atoms with E-state index in [9.17, 15) is 17.6 Å². The van der Waals surface area contributed by atoms with E-state index < -0.39 is 57.4 Å². The van der Waals surface area contributed by atoms with Crippen LogP contribution in [-0.4, -0.2) is 6.61 Å². The van der Waals surface area contributed by atoms with Crippen molar-refractivity contribution in [3.8, 4) is 0 Å². The first kappa shape index (κ1) is 31.0. The van der Waals surface area contributed by atoms with E-state index in [-0.39, 0.29) is 41.7 Å². The van der Waals surface area contributed by atoms with Gasteiger partial charge in [0.1, 0.15) is 18.3 Å². The highest BCUT2D eigenvalue weighted by atomic mass is 19.2. The van der Waals surface area contributed by atoms with Crippen LogP contribution in [0.5, 0.6) is 0 Å². The third-order valence-corrected chi connectivity index (χ3v) is 5.87. The largest absolute Gasteiger partial charge is 0.487 e. The molecule has 0 bridgehead atoms. The molecule has 0 fully saturated rings. The normalized spacial score (nSPS) is 14.2. The molecule has 0 amide bonds. The number of allylic oxidation sites excluding steroid dienone is 12. The minimum Gasteiger partial charge on any atom is -0.487 e. The zero-order valence-corrected chi connectivity index (χ0v) is 21.6. The molecule has 39 heavy (non-hydrogen) atoms. The second-order valence-corrected chi connectivity index (χ2v) is 8.67. The molecular weight excluding hydrogens is 514 g/mol. The Morgan fingerprint density at radius 1 is 0.821 bits per heavy atom. The fourth-order valence-corrected chi connectivity index (χ4v) is 3.62. The molecule has 1 aromatic carbocycles. The Labute approximate surface area is 224 Å². The molecule has 2 rings (SSSR count). The van der Waals surface area contributed by atoms with Crippen molar-refractivity contribution in [3.63, 3.8) is 0 Å². The van der Waals surface area contributed by atoms with Crippen molar-refractivity contribution < 1.29 is 31.1 Å². The average Bonchev–Trinajstić information content (AvgIpc) is 2.91. The molecule has 0 heterocycles. The van der Waals surface area contributed by atoms with Crippen LogP contribution in [0, 0.1) is 12.7 Å². The SMILES string of the molecule is C=CCOC(=C)/C(F)=C(/F)C(=C)C(=C)/C=C\C(=C)C(=C)/C(F)=C(/F)C(=C)C1=C(F)c2c(F)cc(C)cc2CC1. The predicted molar refractivity (Wildman–Crippen MR) is 146 cm³/mol. The molecule has 1 aliphatic carbocycles. The Balaban J connectivity index is 2.23. The molecule has 1 nitrogen and oxygen atoms in total. The Morgan fingerprint density at radius 3 is 1.90 bits per heavy atom. The fourth-order valence-electron chi connectivity index (χ4n) is 3.62. The van der Waals surface area contributed by atoms with Gasteiger partial charge < -0.3 is 4.74 Å². The molecule has 0 spiro atoms. The first-order valence-electron chi connectivity index (χ1n) is 11.6. The van der Waals surface area contributed by atoms with Crippen molar-refractivity contribution in [1.29, 1.82) is 0 Å². The van der Waals surface area contributed by atoms with E-state index in [0.717, 1.165) is 18.2 Å². The Kier molecular flexibility index (Phi) is 10.3. The standard InChI is InChI=1S/C32H28F6O/c1-9-14-39-23(8)31(37)29(35)21(6)19(4)11-10-18(3)20(5)28(34)30(36)22(7)25-13-12-24-15-17(2)16-26(33)27(24)32(25)38/h9-11,15-16H,1,3-8,12-14H2,2H3/b11-10-,30-28-,31-29-. The second kappa shape index (κ2) is 13.0. The van der Waals surface area contributed by atoms with E-state index >= 15 is 8.78 Å². The van der Waals surface area contributed by atoms with Gasteiger partial charge in [0.25, 0.3) is 0 Å². The molecule has 1 aliphatic rings. The zero-order chi connectivity index (χ0) is 29.6. The van der Waals surface area contributed by atoms with E-state index in [1.165, 1.54) is 6.08 Å². The zero-order valence-electron chi connectivity index (χ0n) is 21.6. The fraction of sp³-hybridized carbons (Fsp3) is 0.125. The predicted octanol–water partition coefficient (Wildman–Crippen LogP) is 10.1. The lowest BCUT2D eigenvalue weighted by Gasteiger charge is -2.21. The Hall–Kier alpha value is -4.26. The van der Waals surface area contributed by atoms with Crippen LogP contribution < -0.4 is 0 Å². The van der Waals surface area contributed by atoms with Gasteiger partial charge >= 0.3 is 0 Å². The molecule has 204 valence electrons. The summed E-state index contributed by atoms with van der Waals surface area (Å²) in [5.41, 5.74) is -1.36. The summed E-state index contributed by atoms with van der Waals surface area (Å²) in [6.07, 6.45) is 3.79. The lowest BCUT2D eigenvalue weighted by atomic mass is 9.86. The maximum atomic E-state index is 15.1. The third-order valence-electron chi connectivity index (χ3n) is 5.87. The molecular formula is C32H28F6O. The summed E-state index contributed by atoms with van der Waals surface area (Å²) < 4.78 is 92.9. The number of halogens is 6. The average molecular weight is 543 g/mol. The number of fused-ring (bicyclic) bond motifs is 1. The molecule has 0 N–H and O–H groups in total. The van der Waals surface area contributed by atoms with Crippen LogP contribution in [0.3, 0.4) is 0 Å². The maximum Gasteiger partial charge on any atom is 0.200 e. The van der Waals surface area contributed by atoms with Gasteiger partial charge in [-0.3, -0.25) is 0 Å². The van der Waals surface area contributed by atoms with Crippen molar-refractivity contribution >= 4 is 5.83 Å². The van der Waals surface area contributed by atoms with Gasteiger partial charge in [-0.25, -0.2) is 22.0 Å². The third kappa shape index (κ3) is 6.99. The van der Waals surface area contributed by atoms with E-state index in [1.807, 2.05) is 0 Å². The summed E-state index contributed by atoms with van der Waals surface area (Å²) in [4.78, 5) is 0. The van der Waals surface area contributed by atoms with Crippen LogP contribution in [0.2, 0.25) is 0 Å². The summed E-state index contributed by atoms with van der Waals surface area (Å²) in [6.45, 7) is 25.7. The first-order chi connectivity index (χ1) is 18.2. The Morgan fingerprint density at radius 2 is 1.36 bits per heavy atom. The molecule has 0 unspecified atom stereocenters. The highest BCUT2D eigenvalue weighted by Crippen LogP contribution is 2.41. The summed E-state index contributed by atoms with van der Waals surface area (Å²) in [5.74, 6) is -8.13. The minimum absolute atomic E-state index is 0.0167. The molecule has 0 saturated heterocycles. The second-order valence-electron chi connectivity index (χ2n) is 8.67. The van der Waals surface area contributed by atoms with Gasteiger partial charge in [-0.15, -0.1) is 0 Å². The summed E-state index contributed by atoms with van der Waals surface area (Å²) >= 11 is 0. The molecule has 7 heteroatoms. The van der Waals surface area contributed by atoms with Gasteiger partial charge in [-0.2, -0.15) is 4.39 Å². The lowest BCUT2D eigenvalue weighted by Crippen LogP contribution is -2.08. The van der Waals surface area contributed by atoms with Gasteiger partial charge in [0.15, 0.2) is 23.2 Å². The maximum absolute atomic E-state index is 15.1. The van der Waals surface area contributed by atoms with Gasteiger partial charge in [0.2, 0.25) is 5.83 Å². The van der Waals surface area contributed by atoms with Gasteiger partial charge in [0.05, 0.1) is 0 Å². The molecule has 0 aliphatic heterocycles. The number of benzene rings is 1. The molecule has 0 atom stereocenters. The monoisotopic (exact) mass is 542 g/mol. The van der Waals surface area contributed by atoms with Gasteiger partial charge in [-0.1, -0.05) is 70.3 Å². The number of hydrogen-bond donors (Lipinski definition) is 0. The van der Waals surface area contributed by atoms with Crippen LogP contribution in [0.25, 0.3) is 5.83 Å². The quantitative estimate of drug-likeness (QED) is 0.111. The van der Waals surface area contributed by atoms with Crippen LogP contribution in [-0.2, 0) is 11.2 Å². The Bertz CT molecular complexity index is 1430. The van der Waals surface area contributed by atoms with Crippen LogP contribution in [0.4, 0.5) is 26.3 Å². The van der Waals surface area contributed by atoms with Crippen molar-refractivity contribution in [2.75, 3.05) is 6.61 Å². The number of ether oxygens (including phenoxy) is 1. The minimum atomic E-state index is -1.49. The summed E-state index contributed by atoms with van der Waals surface area (Å²) in [7, 11) is 0. The van der Waals surface area contributed by atoms with E-state index in [4.69, 9.17) is 4.74 Å². The number of rotatable bonds is 12. The van der Waals surface area contributed by atoms with Crippen LogP contribution in [0.15, 0.2) is 139 Å². The van der Waals surface area contributed by atoms with Crippen molar-refractivity contribution in [1.82, 2.24) is 0 Å². The van der Waals surface area contributed by atoms with Crippen LogP contribution in [0.1, 0.15) is 23.1 Å². The summed E-state index contributed by atoms with van der Waals surface area (Å²) in [5, 5.41) is 0. The molecule has 0 aromatic heterocycles. The van der Waals surface area contributed by atoms with Crippen LogP contribution >= 0.6 is 0 Å². The van der Waals surface area contributed by atoms with E-state index in [2.05, 4.69) is 46.1 Å². The lowest BCUT2D eigenvalue weighted by molar-refractivity contribution is 0.241. The number of hydrogen-bond acceptors (Lipinski definition) is 1. The van der Waals surface area contributed by atoms with Crippen molar-refractivity contribution in [2.45, 2.75) is 19.8 Å². The van der Waals surface area contributed by atoms with E-state index in [1.54, 1.807) is 13.0 Å². The highest BCUT2D eigenvalue weighted by molar-refractivity contribution is 5.74. The van der Waals surface area contributed by atoms with Gasteiger partial charge in [-0.05, 0) is 53.7 Å². The topological polar surface area (TPSA) is 9.23 Å². The molecule has 0 radical (unpaired) electrons. The van der Waals surface area contributed by atoms with Gasteiger partial charge in [0, 0.05) is 22.3 Å². The van der Waals surface area contributed by atoms with E-state index in [0.29, 0.717) is 11.1 Å². The number of aryl methyl sites for hydroxylation is 2. The molecule has 0 saturated carbocycles. The van der Waals surface area contributed by atoms with Crippen molar-refractivity contribution in [2.24, 2.45) is 0 Å². The summed E-state index contributed by atoms with van der Waals surface area (Å²) in [6, 6.07) is 2.79. The van der Waals surface area contributed by atoms with Crippen molar-refractivity contribution in [3.05, 3.63) is 161 Å². The molecule has 1 aromatic rings.